The topological polar surface area (TPSA) is 130 Å². The van der Waals surface area contributed by atoms with E-state index >= 15 is 0 Å². The number of benzene rings is 4. The molecule has 0 aliphatic carbocycles. The summed E-state index contributed by atoms with van der Waals surface area (Å²) in [7, 11) is 0. The van der Waals surface area contributed by atoms with Crippen LogP contribution >= 0.6 is 0 Å². The minimum atomic E-state index is -0.619. The SMILES string of the molecule is CC(C)(C)Oc1ccc(C(=O)Oc2ccc(C(=O)OCCc3ccc(OC(=O)c4ccc(OC(C)(C)C)c(OC(C)(C)C)c4)c(C=N)c3)cc2)cc1. The van der Waals surface area contributed by atoms with Gasteiger partial charge < -0.3 is 33.8 Å². The Morgan fingerprint density at radius 2 is 1.04 bits per heavy atom. The minimum Gasteiger partial charge on any atom is -0.488 e. The molecule has 0 aliphatic heterocycles. The predicted octanol–water partition coefficient (Wildman–Crippen LogP) is 9.05. The molecule has 0 unspecified atom stereocenters. The lowest BCUT2D eigenvalue weighted by Crippen LogP contribution is -2.26. The molecule has 0 aliphatic rings. The summed E-state index contributed by atoms with van der Waals surface area (Å²) in [6.45, 7) is 17.4. The Kier molecular flexibility index (Phi) is 12.2. The molecule has 4 aromatic carbocycles. The van der Waals surface area contributed by atoms with Gasteiger partial charge in [0.25, 0.3) is 0 Å². The summed E-state index contributed by atoms with van der Waals surface area (Å²) in [5, 5.41) is 7.90. The second kappa shape index (κ2) is 16.1. The zero-order valence-electron chi connectivity index (χ0n) is 31.2. The Balaban J connectivity index is 1.32. The molecular formula is C42H47NO9. The Labute approximate surface area is 305 Å². The van der Waals surface area contributed by atoms with E-state index in [1.807, 2.05) is 62.3 Å². The molecule has 10 heteroatoms. The van der Waals surface area contributed by atoms with E-state index in [0.717, 1.165) is 11.8 Å². The first-order chi connectivity index (χ1) is 24.3. The standard InChI is InChI=1S/C42H47NO9/c1-40(2,3)50-33-18-13-29(14-19-33)38(45)48-32-16-11-28(12-17-32)37(44)47-23-22-27-10-20-34(31(24-27)26-43)49-39(46)30-15-21-35(51-41(4,5)6)36(25-30)52-42(7,8)9/h10-21,24-26,43H,22-23H2,1-9H3. The number of carbonyl (C=O) groups is 3. The third-order valence-corrected chi connectivity index (χ3v) is 6.88. The maximum Gasteiger partial charge on any atom is 0.343 e. The molecule has 0 fully saturated rings. The highest BCUT2D eigenvalue weighted by Gasteiger charge is 2.23. The van der Waals surface area contributed by atoms with Crippen LogP contribution in [0.3, 0.4) is 0 Å². The lowest BCUT2D eigenvalue weighted by molar-refractivity contribution is 0.0508. The molecule has 4 rings (SSSR count). The van der Waals surface area contributed by atoms with Gasteiger partial charge in [-0.3, -0.25) is 0 Å². The van der Waals surface area contributed by atoms with E-state index in [1.165, 1.54) is 24.3 Å². The first kappa shape index (κ1) is 39.2. The van der Waals surface area contributed by atoms with E-state index in [4.69, 9.17) is 33.8 Å². The summed E-state index contributed by atoms with van der Waals surface area (Å²) < 4.78 is 34.5. The highest BCUT2D eigenvalue weighted by Crippen LogP contribution is 2.34. The number of hydrogen-bond acceptors (Lipinski definition) is 10. The van der Waals surface area contributed by atoms with Gasteiger partial charge in [0, 0.05) is 18.2 Å². The van der Waals surface area contributed by atoms with Crippen LogP contribution in [0.15, 0.2) is 84.9 Å². The summed E-state index contributed by atoms with van der Waals surface area (Å²) in [5.41, 5.74) is 0.706. The number of carbonyl (C=O) groups excluding carboxylic acids is 3. The zero-order chi connectivity index (χ0) is 38.3. The van der Waals surface area contributed by atoms with Gasteiger partial charge in [-0.15, -0.1) is 0 Å². The van der Waals surface area contributed by atoms with Crippen LogP contribution in [0.25, 0.3) is 0 Å². The van der Waals surface area contributed by atoms with E-state index in [9.17, 15) is 14.4 Å². The quantitative estimate of drug-likeness (QED) is 0.0870. The smallest absolute Gasteiger partial charge is 0.343 e. The average Bonchev–Trinajstić information content (AvgIpc) is 3.04. The monoisotopic (exact) mass is 709 g/mol. The van der Waals surface area contributed by atoms with E-state index in [-0.39, 0.29) is 29.3 Å². The molecule has 1 N–H and O–H groups in total. The maximum absolute atomic E-state index is 13.2. The van der Waals surface area contributed by atoms with Crippen molar-refractivity contribution in [1.82, 2.24) is 0 Å². The van der Waals surface area contributed by atoms with Gasteiger partial charge in [0.1, 0.15) is 34.1 Å². The van der Waals surface area contributed by atoms with E-state index in [0.29, 0.717) is 40.4 Å². The summed E-state index contributed by atoms with van der Waals surface area (Å²) in [6.07, 6.45) is 1.45. The summed E-state index contributed by atoms with van der Waals surface area (Å²) in [6, 6.07) is 22.7. The summed E-state index contributed by atoms with van der Waals surface area (Å²) >= 11 is 0. The predicted molar refractivity (Wildman–Crippen MR) is 199 cm³/mol. The minimum absolute atomic E-state index is 0.0700. The van der Waals surface area contributed by atoms with Crippen molar-refractivity contribution >= 4 is 24.1 Å². The van der Waals surface area contributed by atoms with Crippen LogP contribution in [0.5, 0.6) is 28.7 Å². The molecule has 0 aromatic heterocycles. The van der Waals surface area contributed by atoms with Gasteiger partial charge in [0.05, 0.1) is 23.3 Å². The Morgan fingerprint density at radius 1 is 0.538 bits per heavy atom. The first-order valence-corrected chi connectivity index (χ1v) is 16.9. The van der Waals surface area contributed by atoms with Crippen LogP contribution in [-0.4, -0.2) is 47.5 Å². The normalized spacial score (nSPS) is 11.6. The maximum atomic E-state index is 13.2. The molecule has 274 valence electrons. The van der Waals surface area contributed by atoms with E-state index in [1.54, 1.807) is 60.7 Å². The third-order valence-electron chi connectivity index (χ3n) is 6.88. The summed E-state index contributed by atoms with van der Waals surface area (Å²) in [4.78, 5) is 38.5. The molecule has 4 aromatic rings. The Morgan fingerprint density at radius 3 is 1.62 bits per heavy atom. The lowest BCUT2D eigenvalue weighted by Gasteiger charge is -2.27. The van der Waals surface area contributed by atoms with Gasteiger partial charge in [-0.2, -0.15) is 0 Å². The van der Waals surface area contributed by atoms with Gasteiger partial charge in [-0.05, 0) is 147 Å². The van der Waals surface area contributed by atoms with Gasteiger partial charge in [0.15, 0.2) is 11.5 Å². The largest absolute Gasteiger partial charge is 0.488 e. The molecule has 0 amide bonds. The number of nitrogens with one attached hydrogen (secondary N) is 1. The van der Waals surface area contributed by atoms with Crippen molar-refractivity contribution in [2.75, 3.05) is 6.61 Å². The van der Waals surface area contributed by atoms with Crippen molar-refractivity contribution in [1.29, 1.82) is 5.41 Å². The molecule has 0 spiro atoms. The van der Waals surface area contributed by atoms with Gasteiger partial charge >= 0.3 is 17.9 Å². The number of rotatable bonds is 12. The fourth-order valence-corrected chi connectivity index (χ4v) is 4.76. The lowest BCUT2D eigenvalue weighted by atomic mass is 10.1. The number of hydrogen-bond donors (Lipinski definition) is 1. The molecule has 10 nitrogen and oxygen atoms in total. The second-order valence-electron chi connectivity index (χ2n) is 15.0. The van der Waals surface area contributed by atoms with Gasteiger partial charge in [0.2, 0.25) is 0 Å². The molecule has 0 radical (unpaired) electrons. The van der Waals surface area contributed by atoms with Crippen LogP contribution in [0.2, 0.25) is 0 Å². The van der Waals surface area contributed by atoms with Crippen LogP contribution in [0.1, 0.15) is 105 Å². The van der Waals surface area contributed by atoms with Gasteiger partial charge in [-0.1, -0.05) is 6.07 Å². The van der Waals surface area contributed by atoms with Gasteiger partial charge in [-0.25, -0.2) is 14.4 Å². The van der Waals surface area contributed by atoms with Crippen molar-refractivity contribution in [3.05, 3.63) is 113 Å². The zero-order valence-corrected chi connectivity index (χ0v) is 31.2. The van der Waals surface area contributed by atoms with Crippen LogP contribution in [-0.2, 0) is 11.2 Å². The summed E-state index contributed by atoms with van der Waals surface area (Å²) in [5.74, 6) is 0.355. The highest BCUT2D eigenvalue weighted by atomic mass is 16.6. The van der Waals surface area contributed by atoms with Crippen molar-refractivity contribution in [2.45, 2.75) is 85.5 Å². The molecule has 0 atom stereocenters. The number of ether oxygens (including phenoxy) is 6. The molecule has 0 bridgehead atoms. The Hall–Kier alpha value is -5.64. The van der Waals surface area contributed by atoms with E-state index < -0.39 is 29.1 Å². The fourth-order valence-electron chi connectivity index (χ4n) is 4.76. The number of esters is 3. The van der Waals surface area contributed by atoms with E-state index in [2.05, 4.69) is 0 Å². The first-order valence-electron chi connectivity index (χ1n) is 16.9. The fraction of sp³-hybridized carbons (Fsp3) is 0.333. The third kappa shape index (κ3) is 12.0. The molecule has 0 saturated carbocycles. The Bertz CT molecular complexity index is 1890. The molecular weight excluding hydrogens is 662 g/mol. The second-order valence-corrected chi connectivity index (χ2v) is 15.0. The van der Waals surface area contributed by atoms with Crippen LogP contribution < -0.4 is 23.7 Å². The van der Waals surface area contributed by atoms with Crippen LogP contribution in [0.4, 0.5) is 0 Å². The van der Waals surface area contributed by atoms with Crippen molar-refractivity contribution in [3.63, 3.8) is 0 Å². The average molecular weight is 710 g/mol. The van der Waals surface area contributed by atoms with Crippen molar-refractivity contribution < 1.29 is 42.8 Å². The molecule has 0 saturated heterocycles. The van der Waals surface area contributed by atoms with Crippen molar-refractivity contribution in [3.8, 4) is 28.7 Å². The highest BCUT2D eigenvalue weighted by molar-refractivity contribution is 5.94. The van der Waals surface area contributed by atoms with Crippen LogP contribution in [0, 0.1) is 5.41 Å². The van der Waals surface area contributed by atoms with Crippen molar-refractivity contribution in [2.24, 2.45) is 0 Å². The molecule has 0 heterocycles. The molecule has 52 heavy (non-hydrogen) atoms.